The van der Waals surface area contributed by atoms with E-state index in [1.54, 1.807) is 36.4 Å². The highest BCUT2D eigenvalue weighted by molar-refractivity contribution is 6.39. The number of amides is 4. The predicted octanol–water partition coefficient (Wildman–Crippen LogP) is 5.38. The minimum atomic E-state index is -0.891. The average Bonchev–Trinajstić information content (AvgIpc) is 2.76. The molecule has 1 aliphatic heterocycles. The van der Waals surface area contributed by atoms with Gasteiger partial charge in [-0.3, -0.25) is 14.9 Å². The molecule has 1 saturated heterocycles. The molecule has 1 aliphatic rings. The van der Waals surface area contributed by atoms with Gasteiger partial charge in [0.05, 0.1) is 5.69 Å². The molecule has 0 aromatic heterocycles. The molecule has 1 fully saturated rings. The summed E-state index contributed by atoms with van der Waals surface area (Å²) in [6.45, 7) is 0.0445. The maximum absolute atomic E-state index is 13.4. The number of rotatable bonds is 5. The molecule has 4 amide bonds. The molecule has 0 bridgehead atoms. The van der Waals surface area contributed by atoms with E-state index in [0.717, 1.165) is 4.90 Å². The van der Waals surface area contributed by atoms with Crippen LogP contribution in [0.3, 0.4) is 0 Å². The summed E-state index contributed by atoms with van der Waals surface area (Å²) in [5, 5.41) is 2.80. The van der Waals surface area contributed by atoms with Gasteiger partial charge >= 0.3 is 6.03 Å². The number of ether oxygens (including phenoxy) is 1. The van der Waals surface area contributed by atoms with Crippen molar-refractivity contribution in [3.63, 3.8) is 0 Å². The summed E-state index contributed by atoms with van der Waals surface area (Å²) in [4.78, 5) is 38.8. The number of barbiturate groups is 1. The van der Waals surface area contributed by atoms with Gasteiger partial charge in [0.1, 0.15) is 23.7 Å². The Morgan fingerprint density at radius 3 is 2.45 bits per heavy atom. The summed E-state index contributed by atoms with van der Waals surface area (Å²) < 4.78 is 19.2. The molecule has 3 aromatic rings. The fourth-order valence-electron chi connectivity index (χ4n) is 3.21. The van der Waals surface area contributed by atoms with E-state index in [2.05, 4.69) is 5.32 Å². The maximum atomic E-state index is 13.4. The van der Waals surface area contributed by atoms with Crippen molar-refractivity contribution in [3.8, 4) is 5.75 Å². The van der Waals surface area contributed by atoms with Crippen LogP contribution in [-0.2, 0) is 16.2 Å². The Balaban J connectivity index is 1.68. The zero-order valence-electron chi connectivity index (χ0n) is 16.8. The van der Waals surface area contributed by atoms with E-state index in [4.69, 9.17) is 27.9 Å². The van der Waals surface area contributed by atoms with Gasteiger partial charge in [0.2, 0.25) is 0 Å². The summed E-state index contributed by atoms with van der Waals surface area (Å²) in [6.07, 6.45) is 1.29. The third-order valence-corrected chi connectivity index (χ3v) is 5.19. The van der Waals surface area contributed by atoms with Gasteiger partial charge in [-0.2, -0.15) is 0 Å². The Bertz CT molecular complexity index is 1310. The van der Waals surface area contributed by atoms with Gasteiger partial charge in [0.15, 0.2) is 0 Å². The second-order valence-corrected chi connectivity index (χ2v) is 7.91. The van der Waals surface area contributed by atoms with E-state index >= 15 is 0 Å². The number of halogens is 3. The third-order valence-electron chi connectivity index (χ3n) is 4.72. The van der Waals surface area contributed by atoms with E-state index in [9.17, 15) is 18.8 Å². The summed E-state index contributed by atoms with van der Waals surface area (Å²) in [5.74, 6) is -1.78. The van der Waals surface area contributed by atoms with Crippen molar-refractivity contribution in [1.82, 2.24) is 5.32 Å². The van der Waals surface area contributed by atoms with Crippen LogP contribution in [-0.4, -0.2) is 17.8 Å². The highest BCUT2D eigenvalue weighted by atomic mass is 35.5. The number of imide groups is 2. The van der Waals surface area contributed by atoms with E-state index < -0.39 is 23.7 Å². The van der Waals surface area contributed by atoms with Gasteiger partial charge in [0.25, 0.3) is 11.8 Å². The largest absolute Gasteiger partial charge is 0.488 e. The average molecular weight is 485 g/mol. The summed E-state index contributed by atoms with van der Waals surface area (Å²) >= 11 is 12.1. The van der Waals surface area contributed by atoms with Gasteiger partial charge in [-0.25, -0.2) is 14.1 Å². The molecule has 6 nitrogen and oxygen atoms in total. The minimum Gasteiger partial charge on any atom is -0.488 e. The molecular formula is C24H15Cl2FN2O4. The molecule has 0 aliphatic carbocycles. The number of urea groups is 1. The number of hydrogen-bond acceptors (Lipinski definition) is 4. The Kier molecular flexibility index (Phi) is 6.44. The number of nitrogens with zero attached hydrogens (tertiary/aromatic N) is 1. The summed E-state index contributed by atoms with van der Waals surface area (Å²) in [7, 11) is 0. The van der Waals surface area contributed by atoms with Crippen molar-refractivity contribution < 1.29 is 23.5 Å². The van der Waals surface area contributed by atoms with Gasteiger partial charge in [-0.05, 0) is 60.2 Å². The molecule has 1 heterocycles. The standard InChI is InChI=1S/C24H15Cl2FN2O4/c25-16-4-2-6-19(12-16)29-23(31)20(22(30)28-24(29)32)11-15-10-17(26)7-8-21(15)33-13-14-3-1-5-18(27)9-14/h1-12H,13H2,(H,28,30,32)/b20-11+. The van der Waals surface area contributed by atoms with Crippen LogP contribution in [0.15, 0.2) is 72.3 Å². The normalized spacial score (nSPS) is 15.1. The fraction of sp³-hybridized carbons (Fsp3) is 0.0417. The predicted molar refractivity (Wildman–Crippen MR) is 123 cm³/mol. The van der Waals surface area contributed by atoms with Crippen molar-refractivity contribution in [2.45, 2.75) is 6.61 Å². The Hall–Kier alpha value is -3.68. The van der Waals surface area contributed by atoms with E-state index in [1.807, 2.05) is 0 Å². The molecular weight excluding hydrogens is 470 g/mol. The first-order valence-corrected chi connectivity index (χ1v) is 10.4. The van der Waals surface area contributed by atoms with Crippen molar-refractivity contribution in [2.24, 2.45) is 0 Å². The lowest BCUT2D eigenvalue weighted by molar-refractivity contribution is -0.122. The Morgan fingerprint density at radius 2 is 1.70 bits per heavy atom. The van der Waals surface area contributed by atoms with Gasteiger partial charge in [-0.1, -0.05) is 41.4 Å². The SMILES string of the molecule is O=C1NC(=O)N(c2cccc(Cl)c2)C(=O)/C1=C/c1cc(Cl)ccc1OCc1cccc(F)c1. The Morgan fingerprint density at radius 1 is 0.939 bits per heavy atom. The lowest BCUT2D eigenvalue weighted by atomic mass is 10.1. The number of anilines is 1. The van der Waals surface area contributed by atoms with Crippen molar-refractivity contribution in [1.29, 1.82) is 0 Å². The van der Waals surface area contributed by atoms with Crippen LogP contribution >= 0.6 is 23.2 Å². The number of benzene rings is 3. The van der Waals surface area contributed by atoms with Crippen LogP contribution < -0.4 is 15.0 Å². The van der Waals surface area contributed by atoms with E-state index in [0.29, 0.717) is 26.9 Å². The number of carbonyl (C=O) groups is 3. The van der Waals surface area contributed by atoms with Crippen LogP contribution in [0.25, 0.3) is 6.08 Å². The maximum Gasteiger partial charge on any atom is 0.335 e. The Labute approximate surface area is 198 Å². The molecule has 33 heavy (non-hydrogen) atoms. The highest BCUT2D eigenvalue weighted by Gasteiger charge is 2.37. The molecule has 0 unspecified atom stereocenters. The lowest BCUT2D eigenvalue weighted by Gasteiger charge is -2.26. The topological polar surface area (TPSA) is 75.7 Å². The number of carbonyl (C=O) groups excluding carboxylic acids is 3. The quantitative estimate of drug-likeness (QED) is 0.389. The smallest absolute Gasteiger partial charge is 0.335 e. The van der Waals surface area contributed by atoms with E-state index in [1.165, 1.54) is 36.4 Å². The first-order valence-electron chi connectivity index (χ1n) is 9.65. The minimum absolute atomic E-state index is 0.0445. The molecule has 0 saturated carbocycles. The van der Waals surface area contributed by atoms with Crippen molar-refractivity contribution in [2.75, 3.05) is 4.90 Å². The molecule has 166 valence electrons. The zero-order chi connectivity index (χ0) is 23.5. The van der Waals surface area contributed by atoms with Crippen LogP contribution in [0, 0.1) is 5.82 Å². The second-order valence-electron chi connectivity index (χ2n) is 7.04. The van der Waals surface area contributed by atoms with Crippen LogP contribution in [0.2, 0.25) is 10.0 Å². The first-order chi connectivity index (χ1) is 15.8. The molecule has 9 heteroatoms. The molecule has 0 atom stereocenters. The van der Waals surface area contributed by atoms with Crippen molar-refractivity contribution >= 4 is 52.8 Å². The number of hydrogen-bond donors (Lipinski definition) is 1. The molecule has 4 rings (SSSR count). The highest BCUT2D eigenvalue weighted by Crippen LogP contribution is 2.29. The third kappa shape index (κ3) is 5.05. The van der Waals surface area contributed by atoms with E-state index in [-0.39, 0.29) is 17.9 Å². The molecule has 0 spiro atoms. The monoisotopic (exact) mass is 484 g/mol. The van der Waals surface area contributed by atoms with Gasteiger partial charge in [0, 0.05) is 15.6 Å². The number of nitrogens with one attached hydrogen (secondary N) is 1. The van der Waals surface area contributed by atoms with Crippen molar-refractivity contribution in [3.05, 3.63) is 99.3 Å². The van der Waals surface area contributed by atoms with Crippen LogP contribution in [0.1, 0.15) is 11.1 Å². The first kappa shape index (κ1) is 22.5. The van der Waals surface area contributed by atoms with Gasteiger partial charge < -0.3 is 4.74 Å². The van der Waals surface area contributed by atoms with Crippen LogP contribution in [0.5, 0.6) is 5.75 Å². The lowest BCUT2D eigenvalue weighted by Crippen LogP contribution is -2.54. The molecule has 3 aromatic carbocycles. The zero-order valence-corrected chi connectivity index (χ0v) is 18.4. The summed E-state index contributed by atoms with van der Waals surface area (Å²) in [5.41, 5.74) is 0.829. The second kappa shape index (κ2) is 9.44. The summed E-state index contributed by atoms with van der Waals surface area (Å²) in [6, 6.07) is 15.8. The molecule has 0 radical (unpaired) electrons. The van der Waals surface area contributed by atoms with Gasteiger partial charge in [-0.15, -0.1) is 0 Å². The van der Waals surface area contributed by atoms with Crippen LogP contribution in [0.4, 0.5) is 14.9 Å². The fourth-order valence-corrected chi connectivity index (χ4v) is 3.58. The molecule has 1 N–H and O–H groups in total.